The first-order valence-corrected chi connectivity index (χ1v) is 6.55. The smallest absolute Gasteiger partial charge is 0.205 e. The second kappa shape index (κ2) is 4.15. The minimum Gasteiger partial charge on any atom is -0.504 e. The van der Waals surface area contributed by atoms with Crippen LogP contribution in [-0.4, -0.2) is 30.6 Å². The number of phenols is 6. The summed E-state index contributed by atoms with van der Waals surface area (Å²) in [5.74, 6) is -4.74. The lowest BCUT2D eigenvalue weighted by Gasteiger charge is -2.06. The number of furan rings is 1. The molecule has 110 valence electrons. The third-order valence-electron chi connectivity index (χ3n) is 3.09. The van der Waals surface area contributed by atoms with Gasteiger partial charge in [0.05, 0.1) is 15.2 Å². The molecular formula is C12H6BrClO7. The van der Waals surface area contributed by atoms with Crippen molar-refractivity contribution in [3.63, 3.8) is 0 Å². The predicted octanol–water partition coefficient (Wildman–Crippen LogP) is 3.24. The fourth-order valence-electron chi connectivity index (χ4n) is 2.07. The van der Waals surface area contributed by atoms with Crippen LogP contribution in [0.1, 0.15) is 0 Å². The first-order chi connectivity index (χ1) is 9.77. The average molecular weight is 378 g/mol. The van der Waals surface area contributed by atoms with Crippen LogP contribution in [0.3, 0.4) is 0 Å². The highest BCUT2D eigenvalue weighted by atomic mass is 79.9. The summed E-state index contributed by atoms with van der Waals surface area (Å²) in [5.41, 5.74) is -0.533. The summed E-state index contributed by atoms with van der Waals surface area (Å²) in [6, 6.07) is 0. The molecule has 0 saturated heterocycles. The zero-order valence-corrected chi connectivity index (χ0v) is 12.2. The van der Waals surface area contributed by atoms with Crippen molar-refractivity contribution in [3.05, 3.63) is 9.50 Å². The largest absolute Gasteiger partial charge is 0.504 e. The zero-order chi connectivity index (χ0) is 15.6. The predicted molar refractivity (Wildman–Crippen MR) is 76.4 cm³/mol. The third-order valence-corrected chi connectivity index (χ3v) is 4.21. The molecule has 0 spiro atoms. The van der Waals surface area contributed by atoms with E-state index < -0.39 is 39.5 Å². The second-order valence-corrected chi connectivity index (χ2v) is 5.40. The summed E-state index contributed by atoms with van der Waals surface area (Å²) in [6.07, 6.45) is 0. The molecule has 0 bridgehead atoms. The van der Waals surface area contributed by atoms with Gasteiger partial charge in [0.2, 0.25) is 17.2 Å². The van der Waals surface area contributed by atoms with Crippen LogP contribution in [0.25, 0.3) is 21.9 Å². The van der Waals surface area contributed by atoms with Crippen LogP contribution in [0, 0.1) is 0 Å². The van der Waals surface area contributed by atoms with Gasteiger partial charge in [0.15, 0.2) is 28.4 Å². The Morgan fingerprint density at radius 3 is 1.86 bits per heavy atom. The van der Waals surface area contributed by atoms with Gasteiger partial charge in [0.1, 0.15) is 5.02 Å². The Kier molecular flexibility index (Phi) is 2.72. The Bertz CT molecular complexity index is 857. The van der Waals surface area contributed by atoms with Crippen molar-refractivity contribution in [1.82, 2.24) is 0 Å². The van der Waals surface area contributed by atoms with Crippen molar-refractivity contribution in [1.29, 1.82) is 0 Å². The van der Waals surface area contributed by atoms with Gasteiger partial charge in [0, 0.05) is 0 Å². The Balaban J connectivity index is 2.73. The summed E-state index contributed by atoms with van der Waals surface area (Å²) in [5, 5.41) is 57.7. The van der Waals surface area contributed by atoms with Gasteiger partial charge in [-0.1, -0.05) is 11.6 Å². The van der Waals surface area contributed by atoms with Gasteiger partial charge >= 0.3 is 0 Å². The van der Waals surface area contributed by atoms with E-state index in [2.05, 4.69) is 15.9 Å². The molecule has 3 aromatic rings. The minimum absolute atomic E-state index is 0.0347. The fourth-order valence-corrected chi connectivity index (χ4v) is 2.86. The Hall–Kier alpha value is -2.19. The monoisotopic (exact) mass is 376 g/mol. The topological polar surface area (TPSA) is 135 Å². The maximum absolute atomic E-state index is 9.95. The normalized spacial score (nSPS) is 11.5. The number of aromatic hydroxyl groups is 6. The first kappa shape index (κ1) is 13.8. The molecule has 3 rings (SSSR count). The molecule has 21 heavy (non-hydrogen) atoms. The van der Waals surface area contributed by atoms with E-state index >= 15 is 0 Å². The third kappa shape index (κ3) is 1.54. The summed E-state index contributed by atoms with van der Waals surface area (Å²) in [4.78, 5) is 0. The number of benzene rings is 2. The van der Waals surface area contributed by atoms with E-state index in [0.717, 1.165) is 0 Å². The van der Waals surface area contributed by atoms with E-state index in [1.54, 1.807) is 0 Å². The quantitative estimate of drug-likeness (QED) is 0.331. The highest BCUT2D eigenvalue weighted by Crippen LogP contribution is 2.56. The summed E-state index contributed by atoms with van der Waals surface area (Å²) in [7, 11) is 0. The highest BCUT2D eigenvalue weighted by Gasteiger charge is 2.28. The van der Waals surface area contributed by atoms with Gasteiger partial charge in [-0.3, -0.25) is 0 Å². The minimum atomic E-state index is -0.880. The molecule has 1 heterocycles. The van der Waals surface area contributed by atoms with Crippen molar-refractivity contribution >= 4 is 49.5 Å². The summed E-state index contributed by atoms with van der Waals surface area (Å²) in [6.45, 7) is 0. The number of hydrogen-bond donors (Lipinski definition) is 6. The van der Waals surface area contributed by atoms with Crippen LogP contribution in [0.4, 0.5) is 0 Å². The van der Waals surface area contributed by atoms with E-state index in [1.807, 2.05) is 0 Å². The summed E-state index contributed by atoms with van der Waals surface area (Å²) < 4.78 is 5.14. The van der Waals surface area contributed by atoms with E-state index in [-0.39, 0.29) is 26.4 Å². The van der Waals surface area contributed by atoms with Gasteiger partial charge in [0.25, 0.3) is 0 Å². The molecule has 1 aromatic heterocycles. The van der Waals surface area contributed by atoms with Crippen LogP contribution < -0.4 is 0 Å². The molecule has 0 amide bonds. The lowest BCUT2D eigenvalue weighted by Crippen LogP contribution is -1.79. The van der Waals surface area contributed by atoms with E-state index in [0.29, 0.717) is 0 Å². The number of hydrogen-bond acceptors (Lipinski definition) is 7. The molecule has 0 radical (unpaired) electrons. The molecule has 0 unspecified atom stereocenters. The molecule has 2 aromatic carbocycles. The first-order valence-electron chi connectivity index (χ1n) is 5.38. The van der Waals surface area contributed by atoms with Crippen molar-refractivity contribution < 1.29 is 35.1 Å². The van der Waals surface area contributed by atoms with Crippen LogP contribution in [0.2, 0.25) is 5.02 Å². The van der Waals surface area contributed by atoms with E-state index in [4.69, 9.17) is 16.0 Å². The van der Waals surface area contributed by atoms with Gasteiger partial charge in [-0.2, -0.15) is 0 Å². The lowest BCUT2D eigenvalue weighted by atomic mass is 10.1. The van der Waals surface area contributed by atoms with E-state index in [9.17, 15) is 30.6 Å². The maximum atomic E-state index is 9.95. The van der Waals surface area contributed by atoms with Crippen LogP contribution in [0.15, 0.2) is 8.89 Å². The highest BCUT2D eigenvalue weighted by molar-refractivity contribution is 9.10. The zero-order valence-electron chi connectivity index (χ0n) is 9.85. The molecule has 0 aliphatic carbocycles. The van der Waals surface area contributed by atoms with Gasteiger partial charge in [-0.05, 0) is 15.9 Å². The number of fused-ring (bicyclic) bond motifs is 3. The van der Waals surface area contributed by atoms with Gasteiger partial charge in [-0.25, -0.2) is 0 Å². The Morgan fingerprint density at radius 2 is 1.24 bits per heavy atom. The molecule has 9 heteroatoms. The lowest BCUT2D eigenvalue weighted by molar-refractivity contribution is 0.366. The molecule has 0 atom stereocenters. The van der Waals surface area contributed by atoms with Gasteiger partial charge < -0.3 is 35.1 Å². The van der Waals surface area contributed by atoms with Crippen LogP contribution >= 0.6 is 27.5 Å². The average Bonchev–Trinajstić information content (AvgIpc) is 2.87. The van der Waals surface area contributed by atoms with E-state index in [1.165, 1.54) is 0 Å². The fraction of sp³-hybridized carbons (Fsp3) is 0. The standard InChI is InChI=1S/C12H6BrClO7/c13-3-1-2-5(15)8(18)7(17)4(14)11(2)21-12(1)10(20)9(19)6(3)16/h15-20H. The van der Waals surface area contributed by atoms with Crippen molar-refractivity contribution in [2.75, 3.05) is 0 Å². The Morgan fingerprint density at radius 1 is 0.667 bits per heavy atom. The summed E-state index contributed by atoms with van der Waals surface area (Å²) >= 11 is 8.81. The molecular weight excluding hydrogens is 371 g/mol. The molecule has 7 nitrogen and oxygen atoms in total. The van der Waals surface area contributed by atoms with Crippen LogP contribution in [-0.2, 0) is 0 Å². The Labute approximate surface area is 129 Å². The van der Waals surface area contributed by atoms with Crippen molar-refractivity contribution in [2.24, 2.45) is 0 Å². The molecule has 0 saturated carbocycles. The second-order valence-electron chi connectivity index (χ2n) is 4.23. The van der Waals surface area contributed by atoms with Crippen LogP contribution in [0.5, 0.6) is 34.5 Å². The molecule has 6 N–H and O–H groups in total. The van der Waals surface area contributed by atoms with Gasteiger partial charge in [-0.15, -0.1) is 0 Å². The van der Waals surface area contributed by atoms with Crippen molar-refractivity contribution in [3.8, 4) is 34.5 Å². The maximum Gasteiger partial charge on any atom is 0.205 e. The van der Waals surface area contributed by atoms with Crippen molar-refractivity contribution in [2.45, 2.75) is 0 Å². The number of rotatable bonds is 0. The molecule has 0 fully saturated rings. The SMILES string of the molecule is Oc1c(O)c(Br)c2c(oc3c(Cl)c(O)c(O)c(O)c32)c1O. The number of phenolic OH excluding ortho intramolecular Hbond substituents is 6. The molecule has 0 aliphatic rings. The number of halogens is 2. The molecule has 0 aliphatic heterocycles.